The number of nitrogens with two attached hydrogens (primary N) is 1. The van der Waals surface area contributed by atoms with E-state index in [9.17, 15) is 30.0 Å². The number of nitrogens with one attached hydrogen (secondary N) is 1. The number of aliphatic hydroxyl groups is 4. The largest absolute Gasteiger partial charge is 0.394 e. The third-order valence-electron chi connectivity index (χ3n) is 9.43. The first kappa shape index (κ1) is 39.5. The highest BCUT2D eigenvalue weighted by molar-refractivity contribution is 5.93. The van der Waals surface area contributed by atoms with Crippen LogP contribution in [0.5, 0.6) is 0 Å². The van der Waals surface area contributed by atoms with Crippen molar-refractivity contribution in [3.8, 4) is 0 Å². The van der Waals surface area contributed by atoms with Gasteiger partial charge in [0.1, 0.15) is 36.3 Å². The number of benzene rings is 2. The molecule has 0 aromatic heterocycles. The predicted molar refractivity (Wildman–Crippen MR) is 189 cm³/mol. The molecule has 0 aliphatic carbocycles. The molecule has 3 rings (SSSR count). The van der Waals surface area contributed by atoms with Crippen LogP contribution in [0.2, 0.25) is 0 Å². The van der Waals surface area contributed by atoms with Crippen molar-refractivity contribution in [3.05, 3.63) is 75.4 Å². The van der Waals surface area contributed by atoms with Gasteiger partial charge in [0.2, 0.25) is 5.91 Å². The predicted octanol–water partition coefficient (Wildman–Crippen LogP) is 4.41. The normalized spacial score (nSPS) is 22.4. The second kappa shape index (κ2) is 15.3. The molecule has 2 aromatic rings. The highest BCUT2D eigenvalue weighted by Crippen LogP contribution is 2.37. The summed E-state index contributed by atoms with van der Waals surface area (Å²) in [7, 11) is 0. The molecule has 0 unspecified atom stereocenters. The SMILES string of the molecule is Cc1cc(/C=C/C(C)(C)C(=O)CC(C)(C)C(=O)NCC(C)(C)N)ccc1Cc1cc([C@@H]2O[C@H](CO)[C@@H](O)[C@H](O)[C@H]2O)c(C)cc1C(C)C. The topological polar surface area (TPSA) is 162 Å². The summed E-state index contributed by atoms with van der Waals surface area (Å²) in [6, 6.07) is 10.3. The van der Waals surface area contributed by atoms with Crippen LogP contribution in [0.1, 0.15) is 113 Å². The van der Waals surface area contributed by atoms with Gasteiger partial charge in [-0.15, -0.1) is 0 Å². The fraction of sp³-hybridized carbons (Fsp3) is 0.590. The fourth-order valence-corrected chi connectivity index (χ4v) is 6.03. The minimum atomic E-state index is -1.45. The van der Waals surface area contributed by atoms with Crippen LogP contribution in [0.15, 0.2) is 36.4 Å². The summed E-state index contributed by atoms with van der Waals surface area (Å²) in [6.07, 6.45) is -1.54. The van der Waals surface area contributed by atoms with E-state index in [2.05, 4.69) is 44.3 Å². The molecule has 1 aliphatic heterocycles. The van der Waals surface area contributed by atoms with Gasteiger partial charge in [0.15, 0.2) is 0 Å². The van der Waals surface area contributed by atoms with Crippen LogP contribution in [-0.4, -0.2) is 75.2 Å². The standard InChI is InChI=1S/C39H58N2O7/c1-22(2)28-16-24(4)29(35-34(46)33(45)32(44)30(20-42)48-35)18-27(28)17-26-12-11-25(15-23(26)3)13-14-37(5,6)31(43)19-38(7,8)36(47)41-21-39(9,10)40/h11-16,18,22,30,32-35,42,44-46H,17,19-21,40H2,1-10H3,(H,41,47)/b14-13+/t30-,32-,33+,34-,35+/m1/s1. The number of ketones is 1. The maximum Gasteiger partial charge on any atom is 0.226 e. The maximum atomic E-state index is 13.4. The smallest absolute Gasteiger partial charge is 0.226 e. The summed E-state index contributed by atoms with van der Waals surface area (Å²) >= 11 is 0. The first-order chi connectivity index (χ1) is 22.1. The van der Waals surface area contributed by atoms with Gasteiger partial charge in [-0.2, -0.15) is 0 Å². The van der Waals surface area contributed by atoms with E-state index in [-0.39, 0.29) is 24.0 Å². The molecule has 0 radical (unpaired) electrons. The molecule has 1 heterocycles. The van der Waals surface area contributed by atoms with Crippen molar-refractivity contribution in [1.29, 1.82) is 0 Å². The number of aryl methyl sites for hydroxylation is 2. The second-order valence-electron chi connectivity index (χ2n) is 15.9. The lowest BCUT2D eigenvalue weighted by atomic mass is 9.77. The van der Waals surface area contributed by atoms with Crippen LogP contribution in [0, 0.1) is 24.7 Å². The minimum absolute atomic E-state index is 0.0324. The van der Waals surface area contributed by atoms with E-state index in [0.29, 0.717) is 18.5 Å². The number of hydrogen-bond acceptors (Lipinski definition) is 8. The van der Waals surface area contributed by atoms with Gasteiger partial charge in [-0.25, -0.2) is 0 Å². The summed E-state index contributed by atoms with van der Waals surface area (Å²) in [5.74, 6) is -0.00156. The lowest BCUT2D eigenvalue weighted by Crippen LogP contribution is -2.55. The number of Topliss-reactive ketones (excluding diaryl/α,β-unsaturated/α-hetero) is 1. The van der Waals surface area contributed by atoms with Gasteiger partial charge < -0.3 is 36.2 Å². The average Bonchev–Trinajstić information content (AvgIpc) is 2.99. The van der Waals surface area contributed by atoms with Crippen molar-refractivity contribution < 1.29 is 34.8 Å². The van der Waals surface area contributed by atoms with Gasteiger partial charge in [-0.1, -0.05) is 70.2 Å². The van der Waals surface area contributed by atoms with Crippen LogP contribution in [-0.2, 0) is 20.7 Å². The Hall–Kier alpha value is -2.92. The molecule has 0 bridgehead atoms. The van der Waals surface area contributed by atoms with E-state index in [1.54, 1.807) is 13.8 Å². The van der Waals surface area contributed by atoms with Gasteiger partial charge >= 0.3 is 0 Å². The maximum absolute atomic E-state index is 13.4. The van der Waals surface area contributed by atoms with Crippen LogP contribution >= 0.6 is 0 Å². The Morgan fingerprint density at radius 2 is 1.58 bits per heavy atom. The third-order valence-corrected chi connectivity index (χ3v) is 9.43. The third kappa shape index (κ3) is 9.61. The molecule has 1 fully saturated rings. The number of ether oxygens (including phenoxy) is 1. The van der Waals surface area contributed by atoms with E-state index >= 15 is 0 Å². The van der Waals surface area contributed by atoms with Crippen molar-refractivity contribution in [3.63, 3.8) is 0 Å². The number of amides is 1. The molecule has 266 valence electrons. The second-order valence-corrected chi connectivity index (χ2v) is 15.9. The molecule has 0 saturated carbocycles. The van der Waals surface area contributed by atoms with Crippen LogP contribution < -0.4 is 11.1 Å². The van der Waals surface area contributed by atoms with E-state index in [0.717, 1.165) is 33.4 Å². The van der Waals surface area contributed by atoms with Crippen molar-refractivity contribution in [2.24, 2.45) is 16.6 Å². The number of allylic oxidation sites excluding steroid dienone is 1. The average molecular weight is 667 g/mol. The summed E-state index contributed by atoms with van der Waals surface area (Å²) in [5, 5.41) is 44.1. The Balaban J connectivity index is 1.82. The summed E-state index contributed by atoms with van der Waals surface area (Å²) in [6.45, 7) is 19.0. The zero-order valence-corrected chi connectivity index (χ0v) is 30.4. The lowest BCUT2D eigenvalue weighted by molar-refractivity contribution is -0.231. The summed E-state index contributed by atoms with van der Waals surface area (Å²) < 4.78 is 5.91. The summed E-state index contributed by atoms with van der Waals surface area (Å²) in [5.41, 5.74) is 10.8. The molecule has 1 aliphatic rings. The molecule has 9 heteroatoms. The Morgan fingerprint density at radius 1 is 0.938 bits per heavy atom. The zero-order chi connectivity index (χ0) is 36.4. The van der Waals surface area contributed by atoms with Crippen LogP contribution in [0.25, 0.3) is 6.08 Å². The molecule has 5 atom stereocenters. The monoisotopic (exact) mass is 666 g/mol. The van der Waals surface area contributed by atoms with E-state index in [1.165, 1.54) is 0 Å². The number of hydrogen-bond donors (Lipinski definition) is 6. The minimum Gasteiger partial charge on any atom is -0.394 e. The van der Waals surface area contributed by atoms with Crippen LogP contribution in [0.4, 0.5) is 0 Å². The highest BCUT2D eigenvalue weighted by Gasteiger charge is 2.44. The number of rotatable bonds is 13. The molecule has 0 spiro atoms. The van der Waals surface area contributed by atoms with Gasteiger partial charge in [0.25, 0.3) is 0 Å². The Morgan fingerprint density at radius 3 is 2.15 bits per heavy atom. The lowest BCUT2D eigenvalue weighted by Gasteiger charge is -2.41. The number of carbonyl (C=O) groups excluding carboxylic acids is 2. The van der Waals surface area contributed by atoms with E-state index in [1.807, 2.05) is 58.9 Å². The Kier molecular flexibility index (Phi) is 12.6. The molecule has 9 nitrogen and oxygen atoms in total. The van der Waals surface area contributed by atoms with Crippen molar-refractivity contribution in [1.82, 2.24) is 5.32 Å². The summed E-state index contributed by atoms with van der Waals surface area (Å²) in [4.78, 5) is 26.2. The van der Waals surface area contributed by atoms with Gasteiger partial charge in [-0.3, -0.25) is 9.59 Å². The quantitative estimate of drug-likeness (QED) is 0.183. The molecule has 2 aromatic carbocycles. The molecule has 1 amide bonds. The fourth-order valence-electron chi connectivity index (χ4n) is 6.03. The molecule has 7 N–H and O–H groups in total. The Bertz CT molecular complexity index is 1490. The Labute approximate surface area is 286 Å². The first-order valence-electron chi connectivity index (χ1n) is 16.9. The molecular weight excluding hydrogens is 608 g/mol. The zero-order valence-electron chi connectivity index (χ0n) is 30.4. The van der Waals surface area contributed by atoms with Crippen molar-refractivity contribution in [2.75, 3.05) is 13.2 Å². The molecular formula is C39H58N2O7. The highest BCUT2D eigenvalue weighted by atomic mass is 16.5. The van der Waals surface area contributed by atoms with Gasteiger partial charge in [0.05, 0.1) is 12.0 Å². The van der Waals surface area contributed by atoms with Crippen molar-refractivity contribution >= 4 is 17.8 Å². The molecule has 1 saturated heterocycles. The van der Waals surface area contributed by atoms with Crippen molar-refractivity contribution in [2.45, 2.75) is 124 Å². The van der Waals surface area contributed by atoms with Gasteiger partial charge in [0, 0.05) is 23.9 Å². The molecule has 48 heavy (non-hydrogen) atoms. The number of aliphatic hydroxyl groups excluding tert-OH is 4. The van der Waals surface area contributed by atoms with Crippen LogP contribution in [0.3, 0.4) is 0 Å². The van der Waals surface area contributed by atoms with E-state index in [4.69, 9.17) is 10.5 Å². The first-order valence-corrected chi connectivity index (χ1v) is 16.9. The number of carbonyl (C=O) groups is 2. The van der Waals surface area contributed by atoms with E-state index < -0.39 is 53.5 Å². The van der Waals surface area contributed by atoms with Gasteiger partial charge in [-0.05, 0) is 92.8 Å².